The Morgan fingerprint density at radius 2 is 1.85 bits per heavy atom. The molecule has 0 aliphatic carbocycles. The molecule has 27 heavy (non-hydrogen) atoms. The molecule has 3 rings (SSSR count). The molecule has 1 amide bonds. The van der Waals surface area contributed by atoms with E-state index in [-0.39, 0.29) is 18.4 Å². The summed E-state index contributed by atoms with van der Waals surface area (Å²) in [6, 6.07) is 19.6. The summed E-state index contributed by atoms with van der Waals surface area (Å²) in [4.78, 5) is 12.1. The zero-order valence-electron chi connectivity index (χ0n) is 15.3. The van der Waals surface area contributed by atoms with Crippen molar-refractivity contribution in [2.45, 2.75) is 26.4 Å². The number of halogens is 1. The van der Waals surface area contributed by atoms with Gasteiger partial charge in [0.05, 0.1) is 18.7 Å². The van der Waals surface area contributed by atoms with Gasteiger partial charge in [0.1, 0.15) is 5.75 Å². The fraction of sp³-hybridized carbons (Fsp3) is 0.182. The van der Waals surface area contributed by atoms with E-state index in [1.165, 1.54) is 0 Å². The van der Waals surface area contributed by atoms with Gasteiger partial charge >= 0.3 is 0 Å². The summed E-state index contributed by atoms with van der Waals surface area (Å²) in [6.45, 7) is 3.96. The summed E-state index contributed by atoms with van der Waals surface area (Å²) in [7, 11) is 0. The molecule has 0 heterocycles. The van der Waals surface area contributed by atoms with Crippen LogP contribution in [-0.2, 0) is 11.2 Å². The molecule has 0 unspecified atom stereocenters. The van der Waals surface area contributed by atoms with E-state index in [9.17, 15) is 4.79 Å². The van der Waals surface area contributed by atoms with Crippen LogP contribution in [0.25, 0.3) is 10.8 Å². The van der Waals surface area contributed by atoms with Crippen LogP contribution in [-0.4, -0.2) is 18.2 Å². The van der Waals surface area contributed by atoms with Crippen LogP contribution >= 0.6 is 15.9 Å². The van der Waals surface area contributed by atoms with Crippen LogP contribution in [0.5, 0.6) is 5.75 Å². The van der Waals surface area contributed by atoms with E-state index in [0.717, 1.165) is 32.1 Å². The number of benzene rings is 3. The van der Waals surface area contributed by atoms with E-state index in [0.29, 0.717) is 0 Å². The molecule has 0 radical (unpaired) electrons. The van der Waals surface area contributed by atoms with Crippen LogP contribution in [0.15, 0.2) is 70.2 Å². The maximum atomic E-state index is 12.1. The van der Waals surface area contributed by atoms with Crippen molar-refractivity contribution in [3.05, 3.63) is 76.3 Å². The molecule has 138 valence electrons. The molecular weight excluding hydrogens is 404 g/mol. The molecule has 4 nitrogen and oxygen atoms in total. The predicted molar refractivity (Wildman–Crippen MR) is 113 cm³/mol. The Labute approximate surface area is 167 Å². The SMILES string of the molecule is CC(C)Oc1ccc2ccccc2c1/C=N/NC(=O)Cc1ccc(Br)cc1. The van der Waals surface area contributed by atoms with Gasteiger partial charge in [-0.05, 0) is 48.4 Å². The lowest BCUT2D eigenvalue weighted by Crippen LogP contribution is -2.19. The summed E-state index contributed by atoms with van der Waals surface area (Å²) < 4.78 is 6.89. The average Bonchev–Trinajstić information content (AvgIpc) is 2.64. The quantitative estimate of drug-likeness (QED) is 0.442. The van der Waals surface area contributed by atoms with Crippen LogP contribution in [0.3, 0.4) is 0 Å². The predicted octanol–water partition coefficient (Wildman–Crippen LogP) is 5.08. The molecule has 0 aliphatic rings. The lowest BCUT2D eigenvalue weighted by molar-refractivity contribution is -0.120. The van der Waals surface area contributed by atoms with Crippen LogP contribution < -0.4 is 10.2 Å². The molecule has 0 saturated carbocycles. The van der Waals surface area contributed by atoms with Gasteiger partial charge in [-0.2, -0.15) is 5.10 Å². The zero-order chi connectivity index (χ0) is 19.2. The van der Waals surface area contributed by atoms with Crippen LogP contribution in [0.1, 0.15) is 25.0 Å². The fourth-order valence-electron chi connectivity index (χ4n) is 2.76. The van der Waals surface area contributed by atoms with Crippen molar-refractivity contribution < 1.29 is 9.53 Å². The Balaban J connectivity index is 1.78. The Morgan fingerprint density at radius 3 is 2.59 bits per heavy atom. The number of amides is 1. The lowest BCUT2D eigenvalue weighted by Gasteiger charge is -2.14. The smallest absolute Gasteiger partial charge is 0.244 e. The highest BCUT2D eigenvalue weighted by Gasteiger charge is 2.09. The third-order valence-electron chi connectivity index (χ3n) is 3.95. The number of hydrogen-bond acceptors (Lipinski definition) is 3. The Morgan fingerprint density at radius 1 is 1.11 bits per heavy atom. The third kappa shape index (κ3) is 5.17. The van der Waals surface area contributed by atoms with Crippen molar-refractivity contribution in [2.24, 2.45) is 5.10 Å². The summed E-state index contributed by atoms with van der Waals surface area (Å²) in [5, 5.41) is 6.28. The number of nitrogens with zero attached hydrogens (tertiary/aromatic N) is 1. The molecule has 0 fully saturated rings. The molecule has 3 aromatic rings. The van der Waals surface area contributed by atoms with Crippen molar-refractivity contribution in [1.29, 1.82) is 0 Å². The number of rotatable bonds is 6. The van der Waals surface area contributed by atoms with Gasteiger partial charge in [0.25, 0.3) is 0 Å². The molecule has 5 heteroatoms. The first-order chi connectivity index (χ1) is 13.0. The Bertz CT molecular complexity index is 966. The second-order valence-corrected chi connectivity index (χ2v) is 7.38. The van der Waals surface area contributed by atoms with Gasteiger partial charge in [0, 0.05) is 10.0 Å². The normalized spacial score (nSPS) is 11.3. The number of carbonyl (C=O) groups excluding carboxylic acids is 1. The third-order valence-corrected chi connectivity index (χ3v) is 4.48. The van der Waals surface area contributed by atoms with Crippen molar-refractivity contribution >= 4 is 38.8 Å². The molecule has 3 aromatic carbocycles. The molecule has 0 saturated heterocycles. The molecule has 0 aliphatic heterocycles. The van der Waals surface area contributed by atoms with Crippen LogP contribution in [0.2, 0.25) is 0 Å². The van der Waals surface area contributed by atoms with Crippen molar-refractivity contribution in [1.82, 2.24) is 5.43 Å². The number of fused-ring (bicyclic) bond motifs is 1. The first-order valence-electron chi connectivity index (χ1n) is 8.77. The van der Waals surface area contributed by atoms with Gasteiger partial charge in [-0.25, -0.2) is 5.43 Å². The minimum atomic E-state index is -0.167. The van der Waals surface area contributed by atoms with Crippen molar-refractivity contribution in [3.63, 3.8) is 0 Å². The highest BCUT2D eigenvalue weighted by molar-refractivity contribution is 9.10. The van der Waals surface area contributed by atoms with E-state index in [2.05, 4.69) is 26.5 Å². The molecule has 0 bridgehead atoms. The molecular formula is C22H21BrN2O2. The largest absolute Gasteiger partial charge is 0.490 e. The van der Waals surface area contributed by atoms with Crippen molar-refractivity contribution in [3.8, 4) is 5.75 Å². The van der Waals surface area contributed by atoms with Gasteiger partial charge in [0.2, 0.25) is 5.91 Å². The standard InChI is InChI=1S/C22H21BrN2O2/c1-15(2)27-21-12-9-17-5-3-4-6-19(17)20(21)14-24-25-22(26)13-16-7-10-18(23)11-8-16/h3-12,14-15H,13H2,1-2H3,(H,25,26)/b24-14+. The second kappa shape index (κ2) is 8.82. The fourth-order valence-corrected chi connectivity index (χ4v) is 3.03. The number of carbonyl (C=O) groups is 1. The minimum Gasteiger partial charge on any atom is -0.490 e. The van der Waals surface area contributed by atoms with E-state index >= 15 is 0 Å². The first-order valence-corrected chi connectivity index (χ1v) is 9.57. The van der Waals surface area contributed by atoms with E-state index in [1.54, 1.807) is 6.21 Å². The Kier molecular flexibility index (Phi) is 6.24. The topological polar surface area (TPSA) is 50.7 Å². The molecule has 0 aromatic heterocycles. The van der Waals surface area contributed by atoms with Crippen molar-refractivity contribution in [2.75, 3.05) is 0 Å². The maximum absolute atomic E-state index is 12.1. The van der Waals surface area contributed by atoms with E-state index in [1.807, 2.05) is 74.5 Å². The number of hydrogen-bond donors (Lipinski definition) is 1. The molecule has 0 atom stereocenters. The summed E-state index contributed by atoms with van der Waals surface area (Å²) in [5.41, 5.74) is 4.39. The first kappa shape index (κ1) is 19.1. The molecule has 0 spiro atoms. The number of hydrazone groups is 1. The van der Waals surface area contributed by atoms with Gasteiger partial charge in [0.15, 0.2) is 0 Å². The van der Waals surface area contributed by atoms with Crippen LogP contribution in [0, 0.1) is 0 Å². The van der Waals surface area contributed by atoms with Crippen LogP contribution in [0.4, 0.5) is 0 Å². The van der Waals surface area contributed by atoms with Gasteiger partial charge < -0.3 is 4.74 Å². The Hall–Kier alpha value is -2.66. The summed E-state index contributed by atoms with van der Waals surface area (Å²) in [6.07, 6.45) is 1.97. The van der Waals surface area contributed by atoms with Gasteiger partial charge in [-0.3, -0.25) is 4.79 Å². The number of nitrogens with one attached hydrogen (secondary N) is 1. The van der Waals surface area contributed by atoms with Gasteiger partial charge in [-0.15, -0.1) is 0 Å². The zero-order valence-corrected chi connectivity index (χ0v) is 16.9. The van der Waals surface area contributed by atoms with E-state index < -0.39 is 0 Å². The summed E-state index contributed by atoms with van der Waals surface area (Å²) in [5.74, 6) is 0.578. The summed E-state index contributed by atoms with van der Waals surface area (Å²) >= 11 is 3.39. The minimum absolute atomic E-state index is 0.0466. The maximum Gasteiger partial charge on any atom is 0.244 e. The lowest BCUT2D eigenvalue weighted by atomic mass is 10.0. The van der Waals surface area contributed by atoms with E-state index in [4.69, 9.17) is 4.74 Å². The number of ether oxygens (including phenoxy) is 1. The highest BCUT2D eigenvalue weighted by Crippen LogP contribution is 2.27. The molecule has 1 N–H and O–H groups in total. The van der Waals surface area contributed by atoms with Gasteiger partial charge in [-0.1, -0.05) is 58.4 Å². The average molecular weight is 425 g/mol. The highest BCUT2D eigenvalue weighted by atomic mass is 79.9. The second-order valence-electron chi connectivity index (χ2n) is 6.46. The monoisotopic (exact) mass is 424 g/mol.